The van der Waals surface area contributed by atoms with Crippen LogP contribution >= 0.6 is 11.8 Å². The highest BCUT2D eigenvalue weighted by Crippen LogP contribution is 2.32. The molecule has 0 spiro atoms. The van der Waals surface area contributed by atoms with Crippen molar-refractivity contribution in [3.8, 4) is 0 Å². The van der Waals surface area contributed by atoms with Crippen molar-refractivity contribution in [1.29, 1.82) is 0 Å². The Morgan fingerprint density at radius 2 is 1.45 bits per heavy atom. The van der Waals surface area contributed by atoms with Gasteiger partial charge >= 0.3 is 0 Å². The molecule has 5 heterocycles. The number of H-pyrrole nitrogens is 1. The number of thioether (sulfide) groups is 1. The van der Waals surface area contributed by atoms with E-state index in [0.29, 0.717) is 39.8 Å². The number of nitrogens with one attached hydrogen (secondary N) is 9. The maximum Gasteiger partial charge on any atom is 0.243 e. The summed E-state index contributed by atoms with van der Waals surface area (Å²) in [6.07, 6.45) is -3.98. The molecule has 2 aromatic carbocycles. The quantitative estimate of drug-likeness (QED) is 0.0650. The second kappa shape index (κ2) is 33.8. The van der Waals surface area contributed by atoms with Gasteiger partial charge < -0.3 is 67.7 Å². The van der Waals surface area contributed by atoms with Gasteiger partial charge in [-0.1, -0.05) is 78.3 Å². The van der Waals surface area contributed by atoms with E-state index in [2.05, 4.69) is 47.5 Å². The predicted molar refractivity (Wildman–Crippen MR) is 347 cm³/mol. The number of nitrogens with zero attached hydrogens (tertiary/aromatic N) is 2. The molecule has 3 aromatic rings. The van der Waals surface area contributed by atoms with Crippen molar-refractivity contribution in [3.05, 3.63) is 65.4 Å². The van der Waals surface area contributed by atoms with Crippen LogP contribution in [-0.4, -0.2) is 199 Å². The molecular weight excluding hydrogens is 1250 g/mol. The van der Waals surface area contributed by atoms with Crippen molar-refractivity contribution in [2.75, 3.05) is 44.4 Å². The van der Waals surface area contributed by atoms with Gasteiger partial charge in [-0.3, -0.25) is 72.0 Å². The lowest BCUT2D eigenvalue weighted by atomic mass is 9.82. The highest BCUT2D eigenvalue weighted by Gasteiger charge is 2.46. The van der Waals surface area contributed by atoms with Crippen molar-refractivity contribution in [2.24, 2.45) is 35.5 Å². The van der Waals surface area contributed by atoms with Gasteiger partial charge in [0, 0.05) is 105 Å². The summed E-state index contributed by atoms with van der Waals surface area (Å²) in [5, 5.41) is 53.8. The van der Waals surface area contributed by atoms with Gasteiger partial charge in [0.15, 0.2) is 17.3 Å². The lowest BCUT2D eigenvalue weighted by Crippen LogP contribution is -2.56. The van der Waals surface area contributed by atoms with Crippen LogP contribution in [0.4, 0.5) is 5.69 Å². The molecule has 0 saturated carbocycles. The Balaban J connectivity index is 1.13. The maximum atomic E-state index is 15.1. The lowest BCUT2D eigenvalue weighted by molar-refractivity contribution is -0.145. The zero-order valence-corrected chi connectivity index (χ0v) is 55.4. The molecule has 7 rings (SSSR count). The van der Waals surface area contributed by atoms with Crippen molar-refractivity contribution < 1.29 is 82.4 Å². The zero-order chi connectivity index (χ0) is 69.5. The first kappa shape index (κ1) is 74.0. The van der Waals surface area contributed by atoms with Gasteiger partial charge in [-0.15, -0.1) is 0 Å². The third-order valence-electron chi connectivity index (χ3n) is 18.4. The number of anilines is 1. The Kier molecular flexibility index (Phi) is 26.3. The van der Waals surface area contributed by atoms with Crippen molar-refractivity contribution in [3.63, 3.8) is 0 Å². The van der Waals surface area contributed by atoms with Crippen LogP contribution in [0.15, 0.2) is 48.5 Å². The van der Waals surface area contributed by atoms with Gasteiger partial charge in [0.25, 0.3) is 0 Å². The van der Waals surface area contributed by atoms with Crippen molar-refractivity contribution in [2.45, 2.75) is 166 Å². The molecule has 2 bridgehead atoms. The molecule has 1 aromatic heterocycles. The minimum atomic E-state index is -1.58. The van der Waals surface area contributed by atoms with Crippen LogP contribution < -0.4 is 42.5 Å². The van der Waals surface area contributed by atoms with E-state index >= 15 is 9.59 Å². The minimum absolute atomic E-state index is 0.0123. The molecule has 12 unspecified atom stereocenters. The number of aliphatic hydroxyl groups is 3. The van der Waals surface area contributed by atoms with Gasteiger partial charge in [-0.05, 0) is 66.2 Å². The van der Waals surface area contributed by atoms with E-state index in [1.54, 1.807) is 89.4 Å². The number of aryl methyl sites for hydroxylation is 1. The van der Waals surface area contributed by atoms with Crippen molar-refractivity contribution >= 4 is 111 Å². The lowest BCUT2D eigenvalue weighted by Gasteiger charge is -2.32. The fourth-order valence-corrected chi connectivity index (χ4v) is 13.0. The first-order chi connectivity index (χ1) is 45.1. The van der Waals surface area contributed by atoms with Crippen molar-refractivity contribution in [1.82, 2.24) is 52.0 Å². The molecule has 2 saturated heterocycles. The Morgan fingerprint density at radius 1 is 0.768 bits per heavy atom. The predicted octanol–water partition coefficient (Wildman–Crippen LogP) is -0.233. The van der Waals surface area contributed by atoms with E-state index < -0.39 is 193 Å². The fourth-order valence-electron chi connectivity index (χ4n) is 12.4. The topological polar surface area (TPSA) is 418 Å². The average molecular weight is 1340 g/mol. The van der Waals surface area contributed by atoms with Crippen LogP contribution in [0, 0.1) is 35.5 Å². The number of carbonyl (C=O) groups is 14. The largest absolute Gasteiger partial charge is 0.394 e. The first-order valence-electron chi connectivity index (χ1n) is 32.3. The maximum absolute atomic E-state index is 15.1. The van der Waals surface area contributed by atoms with Gasteiger partial charge in [0.1, 0.15) is 12.1 Å². The molecule has 0 aliphatic carbocycles. The summed E-state index contributed by atoms with van der Waals surface area (Å²) < 4.78 is 0. The van der Waals surface area contributed by atoms with Crippen LogP contribution in [-0.2, 0) is 86.5 Å². The molecule has 28 nitrogen and oxygen atoms in total. The summed E-state index contributed by atoms with van der Waals surface area (Å²) in [6.45, 7) is 7.03. The number of hydrogen-bond donors (Lipinski definition) is 12. The summed E-state index contributed by atoms with van der Waals surface area (Å²) in [7, 11) is 0. The van der Waals surface area contributed by atoms with E-state index in [0.717, 1.165) is 9.80 Å². The number of benzene rings is 2. The SMILES string of the molecule is CCC(C)C1NC(=O)CNC(=O)C2Cc3c([nH]c4ccccc34)CCC(NC(=O)CNC1=O)C(=O)CC(CC(=O)NCc1ccc(NC(=O)[C@H](C)CC(=O)C(NC(=O)CCN3C(=O)CC(SC)C3=O)C(C)C)cc1)C(=O)N1CC(O)CC1C(=O)CC(C(C)C(O)CO)C(=O)N2. The number of aliphatic hydroxyl groups excluding tert-OH is 3. The third-order valence-corrected chi connectivity index (χ3v) is 19.3. The van der Waals surface area contributed by atoms with E-state index in [1.807, 2.05) is 0 Å². The smallest absolute Gasteiger partial charge is 0.243 e. The first-order valence-corrected chi connectivity index (χ1v) is 33.6. The zero-order valence-electron chi connectivity index (χ0n) is 54.6. The number of aromatic nitrogens is 1. The number of aromatic amines is 1. The molecule has 0 radical (unpaired) electrons. The number of hydrogen-bond acceptors (Lipinski definition) is 18. The van der Waals surface area contributed by atoms with E-state index in [-0.39, 0.29) is 75.8 Å². The molecule has 4 aliphatic heterocycles. The Bertz CT molecular complexity index is 3390. The fraction of sp³-hybridized carbons (Fsp3) is 0.576. The third kappa shape index (κ3) is 19.4. The van der Waals surface area contributed by atoms with Crippen LogP contribution in [0.1, 0.15) is 116 Å². The number of ketones is 3. The van der Waals surface area contributed by atoms with Gasteiger partial charge in [0.05, 0.1) is 61.2 Å². The number of likely N-dealkylation sites (tertiary alicyclic amines) is 1. The Morgan fingerprint density at radius 3 is 2.12 bits per heavy atom. The standard InChI is InChI=1S/C66H89N11O17S/c1-8-34(4)60-64(92)69-29-56(86)72-46-18-17-45-43(41-11-9-10-12-44(41)71-45)25-47(63(91)68-30-57(87)75-60)73-62(90)42(36(6)52(83)32-78)26-50(81)48-24-40(79)31-77(48)65(93)38(22-49(46)80)23-55(85)67-28-37-13-15-39(16-14-37)70-61(89)35(5)21-51(82)59(33(2)3)74-54(84)19-20-76-58(88)27-53(95-7)66(76)94/h9-16,33-36,38,40,42,46-48,52-53,59-60,71,78-79,83H,8,17-32H2,1-7H3,(H,67,85)(H,68,91)(H,69,92)(H,70,89)(H,72,86)(H,73,90)(H,74,84)(H,75,87)/t34?,35-,36?,38?,40?,42?,46?,47?,48?,52?,53?,59?,60?/m1/s1. The molecule has 95 heavy (non-hydrogen) atoms. The van der Waals surface area contributed by atoms with Crippen LogP contribution in [0.25, 0.3) is 10.9 Å². The van der Waals surface area contributed by atoms with Crippen LogP contribution in [0.5, 0.6) is 0 Å². The molecule has 4 aliphatic rings. The number of Topliss-reactive ketones (excluding diaryl/α,β-unsaturated/α-hetero) is 3. The Hall–Kier alpha value is -8.41. The molecule has 516 valence electrons. The number of para-hydroxylation sites is 1. The highest BCUT2D eigenvalue weighted by molar-refractivity contribution is 8.00. The number of carbonyl (C=O) groups excluding carboxylic acids is 14. The number of imide groups is 1. The van der Waals surface area contributed by atoms with E-state index in [4.69, 9.17) is 0 Å². The summed E-state index contributed by atoms with van der Waals surface area (Å²) in [6, 6.07) is 6.80. The summed E-state index contributed by atoms with van der Waals surface area (Å²) in [5.74, 6) is -15.4. The van der Waals surface area contributed by atoms with Gasteiger partial charge in [0.2, 0.25) is 65.0 Å². The molecule has 11 amide bonds. The Labute approximate surface area is 554 Å². The second-order valence-corrected chi connectivity index (χ2v) is 26.7. The summed E-state index contributed by atoms with van der Waals surface area (Å²) in [5.41, 5.74) is 2.39. The van der Waals surface area contributed by atoms with Crippen LogP contribution in [0.3, 0.4) is 0 Å². The number of amides is 11. The molecule has 2 fully saturated rings. The van der Waals surface area contributed by atoms with E-state index in [1.165, 1.54) is 18.7 Å². The summed E-state index contributed by atoms with van der Waals surface area (Å²) >= 11 is 1.26. The van der Waals surface area contributed by atoms with E-state index in [9.17, 15) is 72.9 Å². The minimum Gasteiger partial charge on any atom is -0.394 e. The second-order valence-electron chi connectivity index (χ2n) is 25.7. The number of fused-ring (bicyclic) bond motifs is 5. The van der Waals surface area contributed by atoms with Gasteiger partial charge in [-0.25, -0.2) is 0 Å². The number of rotatable bonds is 20. The molecule has 13 atom stereocenters. The normalized spacial score (nSPS) is 24.7. The average Bonchev–Trinajstić information content (AvgIpc) is 1.77. The highest BCUT2D eigenvalue weighted by atomic mass is 32.2. The summed E-state index contributed by atoms with van der Waals surface area (Å²) in [4.78, 5) is 200. The van der Waals surface area contributed by atoms with Crippen LogP contribution in [0.2, 0.25) is 0 Å². The van der Waals surface area contributed by atoms with Gasteiger partial charge in [-0.2, -0.15) is 11.8 Å². The molecule has 12 N–H and O–H groups in total. The molecule has 29 heteroatoms. The monoisotopic (exact) mass is 1340 g/mol. The molecular formula is C66H89N11O17S.